The van der Waals surface area contributed by atoms with Crippen molar-refractivity contribution in [1.82, 2.24) is 5.43 Å². The van der Waals surface area contributed by atoms with E-state index in [1.165, 1.54) is 5.56 Å². The van der Waals surface area contributed by atoms with E-state index in [1.54, 1.807) is 7.11 Å². The molecule has 0 aliphatic carbocycles. The summed E-state index contributed by atoms with van der Waals surface area (Å²) in [5, 5.41) is 0. The van der Waals surface area contributed by atoms with Crippen molar-refractivity contribution >= 4 is 31.9 Å². The van der Waals surface area contributed by atoms with Gasteiger partial charge in [-0.1, -0.05) is 44.0 Å². The van der Waals surface area contributed by atoms with E-state index in [0.717, 1.165) is 26.7 Å². The number of hydrazine groups is 1. The Morgan fingerprint density at radius 3 is 2.45 bits per heavy atom. The molecular weight excluding hydrogens is 384 g/mol. The van der Waals surface area contributed by atoms with Gasteiger partial charge in [-0.2, -0.15) is 0 Å². The summed E-state index contributed by atoms with van der Waals surface area (Å²) in [4.78, 5) is 0. The van der Waals surface area contributed by atoms with Gasteiger partial charge in [-0.3, -0.25) is 11.3 Å². The average Bonchev–Trinajstić information content (AvgIpc) is 2.47. The molecule has 3 nitrogen and oxygen atoms in total. The molecule has 0 radical (unpaired) electrons. The summed E-state index contributed by atoms with van der Waals surface area (Å²) in [6.45, 7) is 0. The second-order valence-electron chi connectivity index (χ2n) is 4.44. The quantitative estimate of drug-likeness (QED) is 0.590. The monoisotopic (exact) mass is 398 g/mol. The molecule has 20 heavy (non-hydrogen) atoms. The van der Waals surface area contributed by atoms with Gasteiger partial charge in [0.05, 0.1) is 13.2 Å². The minimum Gasteiger partial charge on any atom is -0.497 e. The standard InChI is InChI=1S/C15H16Br2N2O/c1-20-12-6-7-14(17)13(9-12)15(19-18)8-10-2-4-11(16)5-3-10/h2-7,9,15,19H,8,18H2,1H3. The number of hydrogen-bond acceptors (Lipinski definition) is 3. The molecule has 3 N–H and O–H groups in total. The van der Waals surface area contributed by atoms with Gasteiger partial charge in [0.1, 0.15) is 5.75 Å². The van der Waals surface area contributed by atoms with Crippen molar-refractivity contribution in [2.24, 2.45) is 5.84 Å². The molecule has 0 aliphatic heterocycles. The van der Waals surface area contributed by atoms with Gasteiger partial charge in [-0.15, -0.1) is 0 Å². The summed E-state index contributed by atoms with van der Waals surface area (Å²) in [5.74, 6) is 6.54. The molecule has 106 valence electrons. The zero-order chi connectivity index (χ0) is 14.5. The van der Waals surface area contributed by atoms with Gasteiger partial charge in [0.25, 0.3) is 0 Å². The Kier molecular flexibility index (Phi) is 5.60. The van der Waals surface area contributed by atoms with Crippen molar-refractivity contribution in [3.05, 3.63) is 62.5 Å². The molecule has 1 atom stereocenters. The second-order valence-corrected chi connectivity index (χ2v) is 6.21. The van der Waals surface area contributed by atoms with Gasteiger partial charge >= 0.3 is 0 Å². The van der Waals surface area contributed by atoms with Crippen molar-refractivity contribution in [2.45, 2.75) is 12.5 Å². The van der Waals surface area contributed by atoms with E-state index < -0.39 is 0 Å². The molecule has 1 unspecified atom stereocenters. The molecular formula is C15H16Br2N2O. The summed E-state index contributed by atoms with van der Waals surface area (Å²) in [6.07, 6.45) is 0.801. The molecule has 0 aliphatic rings. The lowest BCUT2D eigenvalue weighted by Gasteiger charge is -2.19. The second kappa shape index (κ2) is 7.22. The normalized spacial score (nSPS) is 12.2. The third kappa shape index (κ3) is 3.82. The van der Waals surface area contributed by atoms with Crippen LogP contribution in [0.25, 0.3) is 0 Å². The number of nitrogens with one attached hydrogen (secondary N) is 1. The maximum absolute atomic E-state index is 5.72. The third-order valence-corrected chi connectivity index (χ3v) is 4.38. The van der Waals surface area contributed by atoms with Gasteiger partial charge in [-0.25, -0.2) is 0 Å². The Bertz CT molecular complexity index is 573. The number of methoxy groups -OCH3 is 1. The lowest BCUT2D eigenvalue weighted by molar-refractivity contribution is 0.412. The van der Waals surface area contributed by atoms with Crippen molar-refractivity contribution in [3.8, 4) is 5.75 Å². The van der Waals surface area contributed by atoms with E-state index >= 15 is 0 Å². The molecule has 2 aromatic carbocycles. The number of hydrogen-bond donors (Lipinski definition) is 2. The molecule has 0 fully saturated rings. The van der Waals surface area contributed by atoms with Crippen LogP contribution in [0.4, 0.5) is 0 Å². The number of ether oxygens (including phenoxy) is 1. The van der Waals surface area contributed by atoms with Gasteiger partial charge < -0.3 is 4.74 Å². The third-order valence-electron chi connectivity index (χ3n) is 3.13. The largest absolute Gasteiger partial charge is 0.497 e. The van der Waals surface area contributed by atoms with Gasteiger partial charge in [0, 0.05) is 8.95 Å². The van der Waals surface area contributed by atoms with Crippen LogP contribution in [0.1, 0.15) is 17.2 Å². The van der Waals surface area contributed by atoms with E-state index in [4.69, 9.17) is 10.6 Å². The van der Waals surface area contributed by atoms with Crippen LogP contribution in [0.15, 0.2) is 51.4 Å². The first-order valence-electron chi connectivity index (χ1n) is 6.18. The lowest BCUT2D eigenvalue weighted by atomic mass is 9.99. The summed E-state index contributed by atoms with van der Waals surface area (Å²) in [5.41, 5.74) is 5.17. The van der Waals surface area contributed by atoms with E-state index in [2.05, 4.69) is 49.4 Å². The van der Waals surface area contributed by atoms with Crippen LogP contribution in [0, 0.1) is 0 Å². The first-order chi connectivity index (χ1) is 9.63. The van der Waals surface area contributed by atoms with Crippen molar-refractivity contribution in [1.29, 1.82) is 0 Å². The van der Waals surface area contributed by atoms with Crippen LogP contribution in [0.5, 0.6) is 5.75 Å². The highest BCUT2D eigenvalue weighted by Gasteiger charge is 2.15. The first-order valence-corrected chi connectivity index (χ1v) is 7.76. The highest BCUT2D eigenvalue weighted by molar-refractivity contribution is 9.10. The summed E-state index contributed by atoms with van der Waals surface area (Å²) < 4.78 is 7.36. The number of rotatable bonds is 5. The molecule has 0 heterocycles. The SMILES string of the molecule is COc1ccc(Br)c(C(Cc2ccc(Br)cc2)NN)c1. The Labute approximate surface area is 135 Å². The van der Waals surface area contributed by atoms with Gasteiger partial charge in [-0.05, 0) is 47.9 Å². The Morgan fingerprint density at radius 1 is 1.15 bits per heavy atom. The van der Waals surface area contributed by atoms with Gasteiger partial charge in [0.15, 0.2) is 0 Å². The highest BCUT2D eigenvalue weighted by Crippen LogP contribution is 2.29. The van der Waals surface area contributed by atoms with Crippen LogP contribution >= 0.6 is 31.9 Å². The van der Waals surface area contributed by atoms with Crippen molar-refractivity contribution in [2.75, 3.05) is 7.11 Å². The summed E-state index contributed by atoms with van der Waals surface area (Å²) >= 11 is 7.01. The fraction of sp³-hybridized carbons (Fsp3) is 0.200. The average molecular weight is 400 g/mol. The molecule has 2 aromatic rings. The Balaban J connectivity index is 2.25. The fourth-order valence-corrected chi connectivity index (χ4v) is 2.82. The van der Waals surface area contributed by atoms with Crippen LogP contribution in [-0.4, -0.2) is 7.11 Å². The summed E-state index contributed by atoms with van der Waals surface area (Å²) in [6, 6.07) is 14.1. The van der Waals surface area contributed by atoms with Gasteiger partial charge in [0.2, 0.25) is 0 Å². The van der Waals surface area contributed by atoms with E-state index in [0.29, 0.717) is 0 Å². The predicted octanol–water partition coefficient (Wildman–Crippen LogP) is 3.97. The zero-order valence-corrected chi connectivity index (χ0v) is 14.2. The molecule has 0 aromatic heterocycles. The Morgan fingerprint density at radius 2 is 1.85 bits per heavy atom. The van der Waals surface area contributed by atoms with E-state index in [-0.39, 0.29) is 6.04 Å². The molecule has 0 saturated heterocycles. The minimum absolute atomic E-state index is 0.0145. The lowest BCUT2D eigenvalue weighted by Crippen LogP contribution is -2.29. The fourth-order valence-electron chi connectivity index (χ4n) is 2.03. The van der Waals surface area contributed by atoms with E-state index in [9.17, 15) is 0 Å². The van der Waals surface area contributed by atoms with Crippen molar-refractivity contribution < 1.29 is 4.74 Å². The molecule has 5 heteroatoms. The minimum atomic E-state index is 0.0145. The number of nitrogens with two attached hydrogens (primary N) is 1. The van der Waals surface area contributed by atoms with E-state index in [1.807, 2.05) is 30.3 Å². The molecule has 2 rings (SSSR count). The molecule has 0 amide bonds. The molecule has 0 saturated carbocycles. The zero-order valence-electron chi connectivity index (χ0n) is 11.1. The highest BCUT2D eigenvalue weighted by atomic mass is 79.9. The first kappa shape index (κ1) is 15.5. The van der Waals surface area contributed by atoms with Crippen LogP contribution < -0.4 is 16.0 Å². The van der Waals surface area contributed by atoms with Crippen LogP contribution in [-0.2, 0) is 6.42 Å². The van der Waals surface area contributed by atoms with Crippen LogP contribution in [0.3, 0.4) is 0 Å². The molecule has 0 spiro atoms. The maximum Gasteiger partial charge on any atom is 0.119 e. The topological polar surface area (TPSA) is 47.3 Å². The summed E-state index contributed by atoms with van der Waals surface area (Å²) in [7, 11) is 1.66. The predicted molar refractivity (Wildman–Crippen MR) is 88.6 cm³/mol. The molecule has 0 bridgehead atoms. The van der Waals surface area contributed by atoms with Crippen LogP contribution in [0.2, 0.25) is 0 Å². The number of benzene rings is 2. The number of halogens is 2. The van der Waals surface area contributed by atoms with Crippen molar-refractivity contribution in [3.63, 3.8) is 0 Å². The smallest absolute Gasteiger partial charge is 0.119 e. The maximum atomic E-state index is 5.72. The Hall–Kier alpha value is -0.880.